The molecule has 3 rings (SSSR count). The summed E-state index contributed by atoms with van der Waals surface area (Å²) in [6.07, 6.45) is 4.18. The van der Waals surface area contributed by atoms with E-state index in [4.69, 9.17) is 0 Å². The van der Waals surface area contributed by atoms with Crippen LogP contribution in [0.15, 0.2) is 36.4 Å². The van der Waals surface area contributed by atoms with Crippen LogP contribution in [0.1, 0.15) is 71.4 Å². The lowest BCUT2D eigenvalue weighted by molar-refractivity contribution is 0.0980. The topological polar surface area (TPSA) is 70.2 Å². The molecule has 0 fully saturated rings. The fourth-order valence-corrected chi connectivity index (χ4v) is 3.30. The van der Waals surface area contributed by atoms with Crippen molar-refractivity contribution < 1.29 is 9.59 Å². The first-order valence-electron chi connectivity index (χ1n) is 9.77. The van der Waals surface area contributed by atoms with Crippen molar-refractivity contribution in [2.24, 2.45) is 0 Å². The van der Waals surface area contributed by atoms with Crippen LogP contribution >= 0.6 is 0 Å². The summed E-state index contributed by atoms with van der Waals surface area (Å²) >= 11 is 0. The lowest BCUT2D eigenvalue weighted by Gasteiger charge is -2.24. The van der Waals surface area contributed by atoms with Gasteiger partial charge in [-0.15, -0.1) is 0 Å². The van der Waals surface area contributed by atoms with Crippen LogP contribution in [0.2, 0.25) is 0 Å². The lowest BCUT2D eigenvalue weighted by atomic mass is 9.82. The van der Waals surface area contributed by atoms with Crippen LogP contribution in [0.4, 0.5) is 11.4 Å². The Hall–Kier alpha value is -2.66. The second-order valence-corrected chi connectivity index (χ2v) is 6.80. The van der Waals surface area contributed by atoms with Crippen molar-refractivity contribution in [3.05, 3.63) is 58.7 Å². The Morgan fingerprint density at radius 3 is 1.93 bits per heavy atom. The second-order valence-electron chi connectivity index (χ2n) is 6.80. The van der Waals surface area contributed by atoms with Crippen molar-refractivity contribution in [1.82, 2.24) is 5.43 Å². The Kier molecular flexibility index (Phi) is 6.24. The van der Waals surface area contributed by atoms with E-state index in [1.807, 2.05) is 12.1 Å². The summed E-state index contributed by atoms with van der Waals surface area (Å²) in [7, 11) is 0. The third kappa shape index (κ3) is 3.88. The molecule has 0 heterocycles. The Bertz CT molecular complexity index is 845. The highest BCUT2D eigenvalue weighted by atomic mass is 16.1. The summed E-state index contributed by atoms with van der Waals surface area (Å²) in [5.41, 5.74) is 9.52. The third-order valence-corrected chi connectivity index (χ3v) is 4.80. The van der Waals surface area contributed by atoms with Crippen molar-refractivity contribution >= 4 is 22.9 Å². The zero-order valence-electron chi connectivity index (χ0n) is 16.0. The molecule has 1 aliphatic carbocycles. The van der Waals surface area contributed by atoms with Crippen molar-refractivity contribution in [3.8, 4) is 0 Å². The first kappa shape index (κ1) is 19.1. The van der Waals surface area contributed by atoms with E-state index in [1.165, 1.54) is 0 Å². The van der Waals surface area contributed by atoms with Gasteiger partial charge >= 0.3 is 0 Å². The second kappa shape index (κ2) is 8.82. The van der Waals surface area contributed by atoms with Gasteiger partial charge in [0.1, 0.15) is 0 Å². The van der Waals surface area contributed by atoms with Gasteiger partial charge in [-0.25, -0.2) is 5.43 Å². The zero-order valence-corrected chi connectivity index (χ0v) is 16.0. The molecule has 27 heavy (non-hydrogen) atoms. The van der Waals surface area contributed by atoms with Gasteiger partial charge in [0.05, 0.1) is 16.8 Å². The van der Waals surface area contributed by atoms with Crippen LogP contribution in [-0.2, 0) is 0 Å². The molecule has 0 amide bonds. The van der Waals surface area contributed by atoms with Crippen LogP contribution in [0, 0.1) is 0 Å². The monoisotopic (exact) mass is 365 g/mol. The number of nitrogens with one attached hydrogen (secondary N) is 3. The highest BCUT2D eigenvalue weighted by Gasteiger charge is 2.33. The van der Waals surface area contributed by atoms with E-state index in [-0.39, 0.29) is 11.6 Å². The standard InChI is InChI=1S/C22H27N3O2/c1-3-5-13-23-17-11-12-18(25-24-14-6-4-2)20-19(17)21(26)15-9-7-8-10-16(15)22(20)27/h7-12,23-25H,3-6,13-14H2,1-2H3. The van der Waals surface area contributed by atoms with Gasteiger partial charge in [-0.1, -0.05) is 51.0 Å². The fourth-order valence-electron chi connectivity index (χ4n) is 3.30. The third-order valence-electron chi connectivity index (χ3n) is 4.80. The molecular formula is C22H27N3O2. The van der Waals surface area contributed by atoms with Gasteiger partial charge in [0.25, 0.3) is 0 Å². The van der Waals surface area contributed by atoms with E-state index in [0.29, 0.717) is 27.9 Å². The first-order chi connectivity index (χ1) is 13.2. The van der Waals surface area contributed by atoms with E-state index in [9.17, 15) is 9.59 Å². The van der Waals surface area contributed by atoms with Gasteiger partial charge in [-0.05, 0) is 25.0 Å². The lowest BCUT2D eigenvalue weighted by Crippen LogP contribution is -2.28. The van der Waals surface area contributed by atoms with E-state index in [0.717, 1.165) is 44.5 Å². The maximum atomic E-state index is 13.2. The molecule has 0 spiro atoms. The molecule has 0 radical (unpaired) electrons. The molecule has 3 N–H and O–H groups in total. The normalized spacial score (nSPS) is 12.5. The SMILES string of the molecule is CCCCNNc1ccc(NCCCC)c2c1C(=O)c1ccccc1C2=O. The Morgan fingerprint density at radius 2 is 1.30 bits per heavy atom. The van der Waals surface area contributed by atoms with Crippen LogP contribution in [0.3, 0.4) is 0 Å². The molecule has 2 aromatic rings. The summed E-state index contributed by atoms with van der Waals surface area (Å²) in [5.74, 6) is -0.212. The first-order valence-corrected chi connectivity index (χ1v) is 9.77. The number of carbonyl (C=O) groups excluding carboxylic acids is 2. The number of hydrogen-bond donors (Lipinski definition) is 3. The average molecular weight is 365 g/mol. The molecule has 2 aromatic carbocycles. The molecule has 5 heteroatoms. The molecule has 1 aliphatic rings. The predicted molar refractivity (Wildman–Crippen MR) is 110 cm³/mol. The maximum absolute atomic E-state index is 13.2. The Morgan fingerprint density at radius 1 is 0.741 bits per heavy atom. The van der Waals surface area contributed by atoms with E-state index in [2.05, 4.69) is 30.0 Å². The molecular weight excluding hydrogens is 338 g/mol. The largest absolute Gasteiger partial charge is 0.384 e. The molecule has 142 valence electrons. The molecule has 0 saturated heterocycles. The summed E-state index contributed by atoms with van der Waals surface area (Å²) in [5, 5.41) is 3.34. The van der Waals surface area contributed by atoms with Crippen molar-refractivity contribution in [2.75, 3.05) is 23.8 Å². The smallest absolute Gasteiger partial charge is 0.196 e. The van der Waals surface area contributed by atoms with Gasteiger partial charge in [-0.2, -0.15) is 0 Å². The maximum Gasteiger partial charge on any atom is 0.196 e. The number of benzene rings is 2. The number of carbonyl (C=O) groups is 2. The van der Waals surface area contributed by atoms with Crippen LogP contribution in [0.25, 0.3) is 0 Å². The van der Waals surface area contributed by atoms with E-state index >= 15 is 0 Å². The minimum absolute atomic E-state index is 0.101. The van der Waals surface area contributed by atoms with Crippen LogP contribution in [0.5, 0.6) is 0 Å². The zero-order chi connectivity index (χ0) is 19.2. The minimum Gasteiger partial charge on any atom is -0.384 e. The fraction of sp³-hybridized carbons (Fsp3) is 0.364. The van der Waals surface area contributed by atoms with Crippen molar-refractivity contribution in [2.45, 2.75) is 39.5 Å². The van der Waals surface area contributed by atoms with Gasteiger partial charge in [-0.3, -0.25) is 9.59 Å². The van der Waals surface area contributed by atoms with Gasteiger partial charge in [0.15, 0.2) is 11.6 Å². The number of fused-ring (bicyclic) bond motifs is 2. The highest BCUT2D eigenvalue weighted by Crippen LogP contribution is 2.36. The summed E-state index contributed by atoms with van der Waals surface area (Å²) < 4.78 is 0. The van der Waals surface area contributed by atoms with Crippen molar-refractivity contribution in [1.29, 1.82) is 0 Å². The van der Waals surface area contributed by atoms with Crippen molar-refractivity contribution in [3.63, 3.8) is 0 Å². The number of rotatable bonds is 9. The number of ketones is 2. The van der Waals surface area contributed by atoms with Crippen LogP contribution in [-0.4, -0.2) is 24.7 Å². The molecule has 0 unspecified atom stereocenters. The van der Waals surface area contributed by atoms with Gasteiger partial charge in [0, 0.05) is 29.9 Å². The predicted octanol–water partition coefficient (Wildman–Crippen LogP) is 4.39. The molecule has 0 atom stereocenters. The Balaban J connectivity index is 2.02. The van der Waals surface area contributed by atoms with E-state index < -0.39 is 0 Å². The van der Waals surface area contributed by atoms with E-state index in [1.54, 1.807) is 24.3 Å². The van der Waals surface area contributed by atoms with Gasteiger partial charge < -0.3 is 10.7 Å². The molecule has 0 bridgehead atoms. The average Bonchev–Trinajstić information content (AvgIpc) is 2.70. The number of anilines is 2. The number of hydrogen-bond acceptors (Lipinski definition) is 5. The molecule has 0 aliphatic heterocycles. The number of hydrazine groups is 1. The quantitative estimate of drug-likeness (QED) is 0.387. The summed E-state index contributed by atoms with van der Waals surface area (Å²) in [6.45, 7) is 5.81. The molecule has 0 saturated carbocycles. The van der Waals surface area contributed by atoms with Gasteiger partial charge in [0.2, 0.25) is 0 Å². The molecule has 0 aromatic heterocycles. The Labute approximate surface area is 160 Å². The summed E-state index contributed by atoms with van der Waals surface area (Å²) in [4.78, 5) is 26.4. The highest BCUT2D eigenvalue weighted by molar-refractivity contribution is 6.31. The molecule has 5 nitrogen and oxygen atoms in total. The van der Waals surface area contributed by atoms with Crippen LogP contribution < -0.4 is 16.2 Å². The minimum atomic E-state index is -0.112. The number of unbranched alkanes of at least 4 members (excludes halogenated alkanes) is 2. The summed E-state index contributed by atoms with van der Waals surface area (Å²) in [6, 6.07) is 10.8.